The van der Waals surface area contributed by atoms with E-state index < -0.39 is 17.9 Å². The number of ether oxygens (including phenoxy) is 4. The van der Waals surface area contributed by atoms with Gasteiger partial charge in [0.15, 0.2) is 25.2 Å². The second kappa shape index (κ2) is 4.85. The van der Waals surface area contributed by atoms with Crippen molar-refractivity contribution in [3.63, 3.8) is 0 Å². The van der Waals surface area contributed by atoms with E-state index in [2.05, 4.69) is 0 Å². The van der Waals surface area contributed by atoms with Crippen LogP contribution in [-0.4, -0.2) is 48.5 Å². The third kappa shape index (κ3) is 2.83. The van der Waals surface area contributed by atoms with Crippen LogP contribution in [0.15, 0.2) is 0 Å². The van der Waals surface area contributed by atoms with Gasteiger partial charge in [0.25, 0.3) is 0 Å². The Balaban J connectivity index is 1.74. The zero-order chi connectivity index (χ0) is 11.7. The molecule has 0 unspecified atom stereocenters. The van der Waals surface area contributed by atoms with Crippen molar-refractivity contribution >= 4 is 17.0 Å². The minimum Gasteiger partial charge on any atom is -0.322 e. The lowest BCUT2D eigenvalue weighted by Crippen LogP contribution is -2.52. The fourth-order valence-corrected chi connectivity index (χ4v) is 1.76. The molecule has 0 atom stereocenters. The molecule has 0 aromatic rings. The second-order valence-electron chi connectivity index (χ2n) is 3.70. The molecule has 7 heteroatoms. The van der Waals surface area contributed by atoms with E-state index in [-0.39, 0.29) is 25.7 Å². The molecule has 0 aliphatic carbocycles. The largest absolute Gasteiger partial charge is 0.322 e. The van der Waals surface area contributed by atoms with Gasteiger partial charge in [0.2, 0.25) is 0 Å². The molecular formula is C9H14ClNO5. The molecule has 2 fully saturated rings. The Hall–Kier alpha value is -0.400. The molecule has 2 aliphatic rings. The highest BCUT2D eigenvalue weighted by atomic mass is 35.5. The minimum atomic E-state index is -0.571. The summed E-state index contributed by atoms with van der Waals surface area (Å²) in [5.41, 5.74) is 0. The van der Waals surface area contributed by atoms with Crippen molar-refractivity contribution < 1.29 is 23.7 Å². The van der Waals surface area contributed by atoms with Crippen LogP contribution in [0.1, 0.15) is 13.8 Å². The summed E-state index contributed by atoms with van der Waals surface area (Å²) in [6.07, 6.45) is -1.24. The molecule has 92 valence electrons. The lowest BCUT2D eigenvalue weighted by Gasteiger charge is -2.40. The number of rotatable bonds is 4. The van der Waals surface area contributed by atoms with Crippen molar-refractivity contribution in [1.82, 2.24) is 4.90 Å². The van der Waals surface area contributed by atoms with Crippen LogP contribution in [-0.2, 0) is 18.9 Å². The first kappa shape index (κ1) is 12.1. The molecule has 0 aromatic carbocycles. The standard InChI is InChI=1S/C9H14ClNO5/c1-5-13-7(14-5)3-11(9(10)12)4-8-15-6(2)16-8/h5-8H,3-4H2,1-2H3. The quantitative estimate of drug-likeness (QED) is 0.553. The number of amides is 1. The van der Waals surface area contributed by atoms with Crippen LogP contribution in [0, 0.1) is 0 Å². The van der Waals surface area contributed by atoms with Gasteiger partial charge in [-0.3, -0.25) is 4.79 Å². The average molecular weight is 252 g/mol. The number of hydrogen-bond acceptors (Lipinski definition) is 5. The summed E-state index contributed by atoms with van der Waals surface area (Å²) in [4.78, 5) is 12.5. The normalized spacial score (nSPS) is 37.4. The fraction of sp³-hybridized carbons (Fsp3) is 0.889. The number of halogens is 1. The molecule has 0 N–H and O–H groups in total. The third-order valence-corrected chi connectivity index (χ3v) is 2.60. The average Bonchev–Trinajstić information content (AvgIpc) is 2.10. The first-order chi connectivity index (χ1) is 7.54. The van der Waals surface area contributed by atoms with Crippen LogP contribution in [0.4, 0.5) is 4.79 Å². The van der Waals surface area contributed by atoms with Gasteiger partial charge in [0.1, 0.15) is 0 Å². The molecule has 2 aliphatic heterocycles. The summed E-state index contributed by atoms with van der Waals surface area (Å²) < 4.78 is 20.9. The summed E-state index contributed by atoms with van der Waals surface area (Å²) in [6, 6.07) is 0. The van der Waals surface area contributed by atoms with E-state index in [4.69, 9.17) is 30.5 Å². The highest BCUT2D eigenvalue weighted by molar-refractivity contribution is 6.62. The van der Waals surface area contributed by atoms with E-state index in [1.807, 2.05) is 0 Å². The number of nitrogens with zero attached hydrogens (tertiary/aromatic N) is 1. The summed E-state index contributed by atoms with van der Waals surface area (Å²) >= 11 is 5.43. The zero-order valence-electron chi connectivity index (χ0n) is 9.09. The highest BCUT2D eigenvalue weighted by Gasteiger charge is 2.34. The third-order valence-electron chi connectivity index (χ3n) is 2.36. The molecule has 6 nitrogen and oxygen atoms in total. The molecule has 0 aromatic heterocycles. The Morgan fingerprint density at radius 2 is 1.44 bits per heavy atom. The summed E-state index contributed by atoms with van der Waals surface area (Å²) in [6.45, 7) is 4.13. The van der Waals surface area contributed by atoms with Gasteiger partial charge in [-0.05, 0) is 25.4 Å². The molecule has 0 spiro atoms. The van der Waals surface area contributed by atoms with E-state index in [1.165, 1.54) is 4.90 Å². The fourth-order valence-electron chi connectivity index (χ4n) is 1.63. The number of hydrogen-bond donors (Lipinski definition) is 0. The minimum absolute atomic E-state index is 0.214. The summed E-state index contributed by atoms with van der Waals surface area (Å²) in [7, 11) is 0. The van der Waals surface area contributed by atoms with Gasteiger partial charge < -0.3 is 23.8 Å². The van der Waals surface area contributed by atoms with Crippen molar-refractivity contribution in [1.29, 1.82) is 0 Å². The van der Waals surface area contributed by atoms with Crippen LogP contribution in [0.2, 0.25) is 0 Å². The van der Waals surface area contributed by atoms with E-state index in [0.29, 0.717) is 0 Å². The second-order valence-corrected chi connectivity index (χ2v) is 4.02. The Kier molecular flexibility index (Phi) is 3.66. The van der Waals surface area contributed by atoms with Gasteiger partial charge in [-0.1, -0.05) is 0 Å². The van der Waals surface area contributed by atoms with Crippen molar-refractivity contribution in [3.8, 4) is 0 Å². The van der Waals surface area contributed by atoms with E-state index in [9.17, 15) is 4.79 Å². The molecule has 2 rings (SSSR count). The Labute approximate surface area is 98.3 Å². The Morgan fingerprint density at radius 3 is 1.69 bits per heavy atom. The summed E-state index contributed by atoms with van der Waals surface area (Å²) in [5, 5.41) is -0.571. The van der Waals surface area contributed by atoms with Crippen LogP contribution in [0.5, 0.6) is 0 Å². The molecular weight excluding hydrogens is 238 g/mol. The van der Waals surface area contributed by atoms with Gasteiger partial charge in [-0.15, -0.1) is 0 Å². The van der Waals surface area contributed by atoms with Crippen LogP contribution in [0.25, 0.3) is 0 Å². The van der Waals surface area contributed by atoms with Crippen LogP contribution < -0.4 is 0 Å². The van der Waals surface area contributed by atoms with Gasteiger partial charge in [0.05, 0.1) is 13.1 Å². The Morgan fingerprint density at radius 1 is 1.06 bits per heavy atom. The van der Waals surface area contributed by atoms with Crippen LogP contribution in [0.3, 0.4) is 0 Å². The van der Waals surface area contributed by atoms with Crippen molar-refractivity contribution in [3.05, 3.63) is 0 Å². The number of carbonyl (C=O) groups is 1. The van der Waals surface area contributed by atoms with Gasteiger partial charge >= 0.3 is 5.37 Å². The van der Waals surface area contributed by atoms with Gasteiger partial charge in [-0.25, -0.2) is 0 Å². The maximum absolute atomic E-state index is 11.1. The van der Waals surface area contributed by atoms with Crippen molar-refractivity contribution in [2.75, 3.05) is 13.1 Å². The van der Waals surface area contributed by atoms with E-state index in [0.717, 1.165) is 0 Å². The van der Waals surface area contributed by atoms with Crippen molar-refractivity contribution in [2.24, 2.45) is 0 Å². The lowest BCUT2D eigenvalue weighted by molar-refractivity contribution is -0.388. The number of carbonyl (C=O) groups excluding carboxylic acids is 1. The SMILES string of the molecule is CC1OC(CN(CC2OC(C)O2)C(=O)Cl)O1. The van der Waals surface area contributed by atoms with E-state index >= 15 is 0 Å². The molecule has 0 radical (unpaired) electrons. The molecule has 0 saturated carbocycles. The van der Waals surface area contributed by atoms with Crippen LogP contribution >= 0.6 is 11.6 Å². The Bertz CT molecular complexity index is 245. The predicted molar refractivity (Wildman–Crippen MR) is 53.7 cm³/mol. The highest BCUT2D eigenvalue weighted by Crippen LogP contribution is 2.21. The molecule has 2 saturated heterocycles. The molecule has 0 bridgehead atoms. The molecule has 16 heavy (non-hydrogen) atoms. The zero-order valence-corrected chi connectivity index (χ0v) is 9.85. The van der Waals surface area contributed by atoms with Gasteiger partial charge in [0, 0.05) is 0 Å². The van der Waals surface area contributed by atoms with Crippen molar-refractivity contribution in [2.45, 2.75) is 39.0 Å². The topological polar surface area (TPSA) is 57.2 Å². The monoisotopic (exact) mass is 251 g/mol. The van der Waals surface area contributed by atoms with E-state index in [1.54, 1.807) is 13.8 Å². The smallest absolute Gasteiger partial charge is 0.316 e. The first-order valence-electron chi connectivity index (χ1n) is 5.11. The predicted octanol–water partition coefficient (Wildman–Crippen LogP) is 1.08. The molecule has 2 heterocycles. The maximum atomic E-state index is 11.1. The maximum Gasteiger partial charge on any atom is 0.316 e. The summed E-state index contributed by atoms with van der Waals surface area (Å²) in [5.74, 6) is 0. The van der Waals surface area contributed by atoms with Gasteiger partial charge in [-0.2, -0.15) is 0 Å². The molecule has 1 amide bonds. The first-order valence-corrected chi connectivity index (χ1v) is 5.48. The lowest BCUT2D eigenvalue weighted by atomic mass is 10.4.